The number of nitrogens with two attached hydrogens (primary N) is 1. The summed E-state index contributed by atoms with van der Waals surface area (Å²) in [5.74, 6) is -0.977. The van der Waals surface area contributed by atoms with E-state index in [0.29, 0.717) is 70.6 Å². The number of anilines is 2. The molecule has 0 saturated heterocycles. The molecule has 1 aliphatic carbocycles. The molecule has 0 radical (unpaired) electrons. The van der Waals surface area contributed by atoms with Crippen molar-refractivity contribution in [3.8, 4) is 23.0 Å². The Morgan fingerprint density at radius 2 is 0.914 bits per heavy atom. The molecule has 14 heteroatoms. The third-order valence-electron chi connectivity index (χ3n) is 9.53. The van der Waals surface area contributed by atoms with Crippen molar-refractivity contribution in [1.82, 2.24) is 10.6 Å². The minimum atomic E-state index is -0.193. The molecule has 58 heavy (non-hydrogen) atoms. The summed E-state index contributed by atoms with van der Waals surface area (Å²) in [5, 5.41) is 79.6. The van der Waals surface area contributed by atoms with Crippen LogP contribution in [0.3, 0.4) is 0 Å². The first-order valence-electron chi connectivity index (χ1n) is 19.8. The van der Waals surface area contributed by atoms with E-state index in [0.717, 1.165) is 58.2 Å². The van der Waals surface area contributed by atoms with Gasteiger partial charge in [-0.05, 0) is 69.6 Å². The molecule has 312 valence electrons. The van der Waals surface area contributed by atoms with Crippen LogP contribution in [0.2, 0.25) is 0 Å². The smallest absolute Gasteiger partial charge is 0.196 e. The number of benzene rings is 5. The van der Waals surface area contributed by atoms with Crippen LogP contribution in [0.25, 0.3) is 21.5 Å². The summed E-state index contributed by atoms with van der Waals surface area (Å²) in [7, 11) is 0. The van der Waals surface area contributed by atoms with E-state index < -0.39 is 0 Å². The molecule has 14 nitrogen and oxygen atoms in total. The van der Waals surface area contributed by atoms with E-state index in [9.17, 15) is 30.0 Å². The van der Waals surface area contributed by atoms with Gasteiger partial charge in [0.15, 0.2) is 11.6 Å². The first kappa shape index (κ1) is 45.2. The molecule has 0 spiro atoms. The van der Waals surface area contributed by atoms with E-state index in [-0.39, 0.29) is 65.2 Å². The van der Waals surface area contributed by atoms with Crippen LogP contribution in [-0.2, 0) is 0 Å². The zero-order chi connectivity index (χ0) is 41.9. The Hall–Kier alpha value is -5.48. The third kappa shape index (κ3) is 11.6. The maximum atomic E-state index is 13.4. The summed E-state index contributed by atoms with van der Waals surface area (Å²) in [6.45, 7) is 5.49. The number of phenols is 4. The highest BCUT2D eigenvalue weighted by Gasteiger charge is 2.33. The molecular formula is C44H57N5O9. The molecule has 0 fully saturated rings. The maximum Gasteiger partial charge on any atom is 0.196 e. The second-order valence-electron chi connectivity index (χ2n) is 13.6. The normalized spacial score (nSPS) is 11.7. The average Bonchev–Trinajstić information content (AvgIpc) is 3.24. The fourth-order valence-corrected chi connectivity index (χ4v) is 6.63. The Kier molecular flexibility index (Phi) is 18.5. The predicted molar refractivity (Wildman–Crippen MR) is 229 cm³/mol. The van der Waals surface area contributed by atoms with Crippen LogP contribution < -0.4 is 27.0 Å². The van der Waals surface area contributed by atoms with Gasteiger partial charge in [0, 0.05) is 66.1 Å². The largest absolute Gasteiger partial charge is 0.507 e. The highest BCUT2D eigenvalue weighted by atomic mass is 16.3. The summed E-state index contributed by atoms with van der Waals surface area (Å²) in [4.78, 5) is 26.7. The van der Waals surface area contributed by atoms with Crippen LogP contribution in [0, 0.1) is 0 Å². The number of aromatic hydroxyl groups is 4. The lowest BCUT2D eigenvalue weighted by Gasteiger charge is -2.24. The van der Waals surface area contributed by atoms with Crippen LogP contribution in [-0.4, -0.2) is 113 Å². The van der Waals surface area contributed by atoms with Gasteiger partial charge in [-0.3, -0.25) is 9.59 Å². The van der Waals surface area contributed by atoms with Crippen LogP contribution in [0.4, 0.5) is 11.4 Å². The molecule has 0 aliphatic heterocycles. The van der Waals surface area contributed by atoms with Gasteiger partial charge >= 0.3 is 0 Å². The molecule has 5 aromatic rings. The number of aliphatic hydroxyl groups is 3. The van der Waals surface area contributed by atoms with Crippen LogP contribution >= 0.6 is 0 Å². The molecule has 0 aromatic heterocycles. The van der Waals surface area contributed by atoms with Crippen molar-refractivity contribution < 1.29 is 45.3 Å². The van der Waals surface area contributed by atoms with Crippen LogP contribution in [0.15, 0.2) is 72.8 Å². The lowest BCUT2D eigenvalue weighted by molar-refractivity contribution is 0.0980. The molecule has 0 unspecified atom stereocenters. The van der Waals surface area contributed by atoms with Crippen molar-refractivity contribution in [3.05, 3.63) is 95.1 Å². The highest BCUT2D eigenvalue weighted by Crippen LogP contribution is 2.48. The van der Waals surface area contributed by atoms with Crippen molar-refractivity contribution in [2.45, 2.75) is 38.5 Å². The standard InChI is InChI=1S/C25H33N3O4.C14H10O4.C5H14N2O/c29-16-6-2-1-5-13-27-20-10-11-21(28-14-7-12-26-15-17-30)23-22(20)24(31)18-8-3-4-9-19(18)25(23)32;15-9-5-6-10(16)12-11(9)13(17)7-3-1-2-4-8(7)14(12)18;6-2-1-3-7-4-5-8/h3-4,8-11,26-30H,1-2,5-7,12-17H2;1-6,15-18H;7-8H,1-6H2. The minimum Gasteiger partial charge on any atom is -0.507 e. The van der Waals surface area contributed by atoms with Gasteiger partial charge in [0.2, 0.25) is 0 Å². The number of carbonyl (C=O) groups is 2. The third-order valence-corrected chi connectivity index (χ3v) is 9.53. The molecule has 0 saturated carbocycles. The van der Waals surface area contributed by atoms with Crippen molar-refractivity contribution in [2.75, 3.05) is 76.3 Å². The molecule has 0 heterocycles. The lowest BCUT2D eigenvalue weighted by Crippen LogP contribution is -2.25. The monoisotopic (exact) mass is 799 g/mol. The first-order valence-corrected chi connectivity index (χ1v) is 19.8. The van der Waals surface area contributed by atoms with Gasteiger partial charge in [0.25, 0.3) is 0 Å². The fraction of sp³-hybridized carbons (Fsp3) is 0.364. The number of ketones is 2. The van der Waals surface area contributed by atoms with E-state index in [4.69, 9.17) is 21.1 Å². The Morgan fingerprint density at radius 3 is 1.38 bits per heavy atom. The van der Waals surface area contributed by atoms with Gasteiger partial charge in [0.1, 0.15) is 23.0 Å². The van der Waals surface area contributed by atoms with E-state index in [1.165, 1.54) is 12.1 Å². The molecule has 1 aliphatic rings. The summed E-state index contributed by atoms with van der Waals surface area (Å²) < 4.78 is 0. The minimum absolute atomic E-state index is 0.0474. The number of aliphatic hydroxyl groups excluding tert-OH is 3. The zero-order valence-electron chi connectivity index (χ0n) is 32.8. The number of unbranched alkanes of at least 4 members (excludes halogenated alkanes) is 3. The van der Waals surface area contributed by atoms with Crippen LogP contribution in [0.1, 0.15) is 70.4 Å². The summed E-state index contributed by atoms with van der Waals surface area (Å²) in [6.07, 6.45) is 5.50. The fourth-order valence-electron chi connectivity index (χ4n) is 6.63. The Labute approximate surface area is 338 Å². The highest BCUT2D eigenvalue weighted by molar-refractivity contribution is 6.32. The summed E-state index contributed by atoms with van der Waals surface area (Å²) >= 11 is 0. The number of hydrogen-bond acceptors (Lipinski definition) is 14. The number of nitrogens with one attached hydrogen (secondary N) is 4. The van der Waals surface area contributed by atoms with Crippen molar-refractivity contribution >= 4 is 44.5 Å². The molecular weight excluding hydrogens is 743 g/mol. The zero-order valence-corrected chi connectivity index (χ0v) is 32.8. The average molecular weight is 800 g/mol. The maximum absolute atomic E-state index is 13.4. The van der Waals surface area contributed by atoms with Gasteiger partial charge < -0.3 is 62.7 Å². The number of carbonyl (C=O) groups excluding carboxylic acids is 2. The van der Waals surface area contributed by atoms with Crippen molar-refractivity contribution in [3.63, 3.8) is 0 Å². The number of fused-ring (bicyclic) bond motifs is 4. The number of rotatable bonds is 19. The molecule has 0 atom stereocenters. The number of phenolic OH excluding ortho intramolecular Hbond substituents is 4. The molecule has 13 N–H and O–H groups in total. The van der Waals surface area contributed by atoms with Crippen molar-refractivity contribution in [1.29, 1.82) is 0 Å². The lowest BCUT2D eigenvalue weighted by atomic mass is 9.82. The Balaban J connectivity index is 0.000000238. The van der Waals surface area contributed by atoms with E-state index in [1.54, 1.807) is 48.5 Å². The van der Waals surface area contributed by atoms with Gasteiger partial charge in [-0.1, -0.05) is 61.4 Å². The van der Waals surface area contributed by atoms with Gasteiger partial charge in [-0.2, -0.15) is 0 Å². The Morgan fingerprint density at radius 1 is 0.466 bits per heavy atom. The molecule has 0 amide bonds. The summed E-state index contributed by atoms with van der Waals surface area (Å²) in [5.41, 5.74) is 8.32. The van der Waals surface area contributed by atoms with E-state index >= 15 is 0 Å². The molecule has 0 bridgehead atoms. The molecule has 5 aromatic carbocycles. The van der Waals surface area contributed by atoms with Gasteiger partial charge in [-0.25, -0.2) is 0 Å². The summed E-state index contributed by atoms with van der Waals surface area (Å²) in [6, 6.07) is 20.0. The van der Waals surface area contributed by atoms with E-state index in [2.05, 4.69) is 21.3 Å². The Bertz CT molecular complexity index is 1960. The SMILES string of the molecule is NCCCNCCO.O=C1c2ccccc2C(=O)c2c(NCCCNCCO)ccc(NCCCCCCO)c21.Oc1ccc(O)c2c(O)c3ccccc3c(O)c12. The first-order chi connectivity index (χ1) is 28.2. The van der Waals surface area contributed by atoms with E-state index in [1.807, 2.05) is 12.1 Å². The second kappa shape index (κ2) is 23.7. The van der Waals surface area contributed by atoms with Crippen molar-refractivity contribution in [2.24, 2.45) is 5.73 Å². The quantitative estimate of drug-likeness (QED) is 0.0306. The predicted octanol–water partition coefficient (Wildman–Crippen LogP) is 4.54. The second-order valence-corrected chi connectivity index (χ2v) is 13.6. The molecule has 6 rings (SSSR count). The number of hydrogen-bond donors (Lipinski definition) is 12. The van der Waals surface area contributed by atoms with Gasteiger partial charge in [0.05, 0.1) is 35.1 Å². The van der Waals surface area contributed by atoms with Crippen LogP contribution in [0.5, 0.6) is 23.0 Å². The topological polar surface area (TPSA) is 250 Å². The van der Waals surface area contributed by atoms with Gasteiger partial charge in [-0.15, -0.1) is 0 Å².